The highest BCUT2D eigenvalue weighted by Crippen LogP contribution is 2.27. The van der Waals surface area contributed by atoms with Crippen LogP contribution >= 0.6 is 0 Å². The third-order valence-electron chi connectivity index (χ3n) is 4.24. The lowest BCUT2D eigenvalue weighted by molar-refractivity contribution is -0.384. The largest absolute Gasteiger partial charge is 0.378 e. The Labute approximate surface area is 180 Å². The zero-order chi connectivity index (χ0) is 22.9. The van der Waals surface area contributed by atoms with Gasteiger partial charge in [-0.05, 0) is 17.7 Å². The highest BCUT2D eigenvalue weighted by atomic mass is 32.2. The summed E-state index contributed by atoms with van der Waals surface area (Å²) in [5.41, 5.74) is 0.671. The summed E-state index contributed by atoms with van der Waals surface area (Å²) in [6, 6.07) is 12.8. The van der Waals surface area contributed by atoms with Crippen LogP contribution in [0.25, 0.3) is 0 Å². The Morgan fingerprint density at radius 2 is 1.65 bits per heavy atom. The van der Waals surface area contributed by atoms with Gasteiger partial charge in [0.2, 0.25) is 11.8 Å². The van der Waals surface area contributed by atoms with Crippen molar-refractivity contribution in [1.82, 2.24) is 10.6 Å². The molecule has 0 aliphatic heterocycles. The van der Waals surface area contributed by atoms with Crippen LogP contribution in [-0.2, 0) is 25.8 Å². The second kappa shape index (κ2) is 11.1. The number of anilines is 1. The Morgan fingerprint density at radius 3 is 2.29 bits per heavy atom. The Hall–Kier alpha value is -3.47. The number of carbonyl (C=O) groups is 2. The van der Waals surface area contributed by atoms with Crippen molar-refractivity contribution in [3.05, 3.63) is 64.2 Å². The number of nitrogens with one attached hydrogen (secondary N) is 3. The molecule has 0 spiro atoms. The van der Waals surface area contributed by atoms with Crippen LogP contribution in [0, 0.1) is 10.1 Å². The van der Waals surface area contributed by atoms with Crippen LogP contribution in [0.5, 0.6) is 0 Å². The third-order valence-corrected chi connectivity index (χ3v) is 5.35. The van der Waals surface area contributed by atoms with Crippen molar-refractivity contribution < 1.29 is 22.9 Å². The van der Waals surface area contributed by atoms with Crippen LogP contribution in [0.15, 0.2) is 53.4 Å². The summed E-state index contributed by atoms with van der Waals surface area (Å²) in [6.07, 6.45) is 1.31. The van der Waals surface area contributed by atoms with Gasteiger partial charge in [0.1, 0.15) is 5.69 Å². The molecule has 0 aromatic heterocycles. The molecule has 0 fully saturated rings. The number of nitro groups is 1. The van der Waals surface area contributed by atoms with Gasteiger partial charge in [0, 0.05) is 38.4 Å². The summed E-state index contributed by atoms with van der Waals surface area (Å²) in [7, 11) is -3.56. The third kappa shape index (κ3) is 8.05. The number of sulfone groups is 1. The van der Waals surface area contributed by atoms with Gasteiger partial charge in [0.15, 0.2) is 9.84 Å². The van der Waals surface area contributed by atoms with Gasteiger partial charge in [-0.25, -0.2) is 8.42 Å². The van der Waals surface area contributed by atoms with Gasteiger partial charge >= 0.3 is 0 Å². The molecule has 166 valence electrons. The molecule has 0 aliphatic rings. The number of hydrogen-bond donors (Lipinski definition) is 3. The van der Waals surface area contributed by atoms with E-state index in [1.165, 1.54) is 12.1 Å². The molecule has 0 aliphatic carbocycles. The highest BCUT2D eigenvalue weighted by Gasteiger charge is 2.18. The standard InChI is InChI=1S/C20H24N4O6S/c1-31(29,30)16-7-8-17(18(14-16)24(27)28)21-11-12-23-19(25)9-10-22-20(26)13-15-5-3-2-4-6-15/h2-8,14,21H,9-13H2,1H3,(H,22,26)(H,23,25). The van der Waals surface area contributed by atoms with Gasteiger partial charge in [-0.1, -0.05) is 30.3 Å². The molecule has 2 aromatic carbocycles. The molecular weight excluding hydrogens is 424 g/mol. The van der Waals surface area contributed by atoms with E-state index in [9.17, 15) is 28.1 Å². The Bertz CT molecular complexity index is 1040. The second-order valence-corrected chi connectivity index (χ2v) is 8.76. The maximum atomic E-state index is 11.9. The Kier molecular flexibility index (Phi) is 8.50. The molecule has 2 rings (SSSR count). The average molecular weight is 449 g/mol. The van der Waals surface area contributed by atoms with Gasteiger partial charge < -0.3 is 16.0 Å². The summed E-state index contributed by atoms with van der Waals surface area (Å²) < 4.78 is 23.1. The van der Waals surface area contributed by atoms with Gasteiger partial charge in [-0.15, -0.1) is 0 Å². The summed E-state index contributed by atoms with van der Waals surface area (Å²) in [5.74, 6) is -0.450. The lowest BCUT2D eigenvalue weighted by Crippen LogP contribution is -2.33. The summed E-state index contributed by atoms with van der Waals surface area (Å²) in [4.78, 5) is 34.1. The predicted molar refractivity (Wildman–Crippen MR) is 115 cm³/mol. The van der Waals surface area contributed by atoms with Crippen molar-refractivity contribution in [2.24, 2.45) is 0 Å². The molecule has 0 atom stereocenters. The highest BCUT2D eigenvalue weighted by molar-refractivity contribution is 7.90. The maximum absolute atomic E-state index is 11.9. The first-order valence-corrected chi connectivity index (χ1v) is 11.4. The van der Waals surface area contributed by atoms with Gasteiger partial charge in [-0.3, -0.25) is 19.7 Å². The van der Waals surface area contributed by atoms with Crippen molar-refractivity contribution >= 4 is 33.0 Å². The van der Waals surface area contributed by atoms with Crippen LogP contribution in [0.2, 0.25) is 0 Å². The number of benzene rings is 2. The predicted octanol–water partition coefficient (Wildman–Crippen LogP) is 1.28. The quantitative estimate of drug-likeness (QED) is 0.266. The number of amides is 2. The molecule has 0 radical (unpaired) electrons. The fourth-order valence-corrected chi connectivity index (χ4v) is 3.33. The van der Waals surface area contributed by atoms with Crippen LogP contribution in [0.3, 0.4) is 0 Å². The second-order valence-electron chi connectivity index (χ2n) is 6.75. The first kappa shape index (κ1) is 23.8. The average Bonchev–Trinajstić information content (AvgIpc) is 2.71. The minimum Gasteiger partial charge on any atom is -0.378 e. The molecule has 0 saturated carbocycles. The van der Waals surface area contributed by atoms with E-state index >= 15 is 0 Å². The smallest absolute Gasteiger partial charge is 0.293 e. The topological polar surface area (TPSA) is 148 Å². The molecule has 2 amide bonds. The molecule has 10 nitrogen and oxygen atoms in total. The van der Waals surface area contributed by atoms with E-state index in [0.717, 1.165) is 17.9 Å². The van der Waals surface area contributed by atoms with E-state index in [4.69, 9.17) is 0 Å². The summed E-state index contributed by atoms with van der Waals surface area (Å²) in [6.45, 7) is 0.594. The monoisotopic (exact) mass is 448 g/mol. The van der Waals surface area contributed by atoms with Crippen LogP contribution in [0.1, 0.15) is 12.0 Å². The number of nitrogens with zero attached hydrogens (tertiary/aromatic N) is 1. The lowest BCUT2D eigenvalue weighted by Gasteiger charge is -2.10. The first-order valence-electron chi connectivity index (χ1n) is 9.46. The molecule has 0 unspecified atom stereocenters. The van der Waals surface area contributed by atoms with E-state index in [2.05, 4.69) is 16.0 Å². The number of carbonyl (C=O) groups excluding carboxylic acids is 2. The molecule has 3 N–H and O–H groups in total. The molecule has 0 bridgehead atoms. The van der Waals surface area contributed by atoms with Crippen LogP contribution in [-0.4, -0.2) is 51.0 Å². The normalized spacial score (nSPS) is 10.9. The number of nitro benzene ring substituents is 1. The van der Waals surface area contributed by atoms with Crippen LogP contribution < -0.4 is 16.0 Å². The van der Waals surface area contributed by atoms with Gasteiger partial charge in [0.25, 0.3) is 5.69 Å². The van der Waals surface area contributed by atoms with Crippen molar-refractivity contribution in [2.75, 3.05) is 31.2 Å². The lowest BCUT2D eigenvalue weighted by atomic mass is 10.1. The fourth-order valence-electron chi connectivity index (χ4n) is 2.69. The fraction of sp³-hybridized carbons (Fsp3) is 0.300. The van der Waals surface area contributed by atoms with Gasteiger partial charge in [0.05, 0.1) is 16.2 Å². The van der Waals surface area contributed by atoms with E-state index in [-0.39, 0.29) is 60.6 Å². The molecule has 31 heavy (non-hydrogen) atoms. The molecule has 11 heteroatoms. The zero-order valence-corrected chi connectivity index (χ0v) is 17.8. The molecular formula is C20H24N4O6S. The van der Waals surface area contributed by atoms with Crippen molar-refractivity contribution in [3.63, 3.8) is 0 Å². The minimum atomic E-state index is -3.56. The molecule has 2 aromatic rings. The van der Waals surface area contributed by atoms with Crippen molar-refractivity contribution in [2.45, 2.75) is 17.7 Å². The Morgan fingerprint density at radius 1 is 0.968 bits per heavy atom. The Balaban J connectivity index is 1.72. The van der Waals surface area contributed by atoms with E-state index in [0.29, 0.717) is 0 Å². The SMILES string of the molecule is CS(=O)(=O)c1ccc(NCCNC(=O)CCNC(=O)Cc2ccccc2)c([N+](=O)[O-])c1. The van der Waals surface area contributed by atoms with E-state index < -0.39 is 14.8 Å². The minimum absolute atomic E-state index is 0.101. The molecule has 0 heterocycles. The number of hydrogen-bond acceptors (Lipinski definition) is 7. The van der Waals surface area contributed by atoms with Gasteiger partial charge in [-0.2, -0.15) is 0 Å². The van der Waals surface area contributed by atoms with Crippen molar-refractivity contribution in [1.29, 1.82) is 0 Å². The van der Waals surface area contributed by atoms with E-state index in [1.807, 2.05) is 30.3 Å². The zero-order valence-electron chi connectivity index (χ0n) is 17.0. The van der Waals surface area contributed by atoms with Crippen LogP contribution in [0.4, 0.5) is 11.4 Å². The molecule has 0 saturated heterocycles. The maximum Gasteiger partial charge on any atom is 0.293 e. The first-order chi connectivity index (χ1) is 14.7. The number of rotatable bonds is 11. The van der Waals surface area contributed by atoms with Crippen molar-refractivity contribution in [3.8, 4) is 0 Å². The summed E-state index contributed by atoms with van der Waals surface area (Å²) in [5, 5.41) is 19.3. The van der Waals surface area contributed by atoms with E-state index in [1.54, 1.807) is 0 Å². The summed E-state index contributed by atoms with van der Waals surface area (Å²) >= 11 is 0.